The Kier molecular flexibility index (Phi) is 5.04. The average molecular weight is 302 g/mol. The van der Waals surface area contributed by atoms with Gasteiger partial charge in [-0.15, -0.1) is 0 Å². The lowest BCUT2D eigenvalue weighted by molar-refractivity contribution is 0.0523. The smallest absolute Gasteiger partial charge is 0.407 e. The molecule has 0 saturated carbocycles. The molecule has 1 aromatic carbocycles. The molecule has 1 amide bonds. The topological polar surface area (TPSA) is 79.0 Å². The molecule has 0 spiro atoms. The van der Waals surface area contributed by atoms with Crippen LogP contribution in [0.2, 0.25) is 0 Å². The van der Waals surface area contributed by atoms with Crippen LogP contribution in [0.3, 0.4) is 0 Å². The molecule has 2 aromatic rings. The third-order valence-corrected chi connectivity index (χ3v) is 2.80. The van der Waals surface area contributed by atoms with Crippen LogP contribution >= 0.6 is 0 Å². The summed E-state index contributed by atoms with van der Waals surface area (Å²) < 4.78 is 5.21. The van der Waals surface area contributed by atoms with E-state index < -0.39 is 11.7 Å². The predicted octanol–water partition coefficient (Wildman–Crippen LogP) is 3.05. The second-order valence-corrected chi connectivity index (χ2v) is 5.99. The van der Waals surface area contributed by atoms with Gasteiger partial charge >= 0.3 is 6.09 Å². The Morgan fingerprint density at radius 3 is 2.82 bits per heavy atom. The van der Waals surface area contributed by atoms with Gasteiger partial charge in [-0.2, -0.15) is 0 Å². The molecule has 2 rings (SSSR count). The van der Waals surface area contributed by atoms with Crippen molar-refractivity contribution in [3.63, 3.8) is 0 Å². The van der Waals surface area contributed by atoms with Gasteiger partial charge in [0, 0.05) is 18.4 Å². The Labute approximate surface area is 130 Å². The van der Waals surface area contributed by atoms with Crippen molar-refractivity contribution in [2.24, 2.45) is 0 Å². The third kappa shape index (κ3) is 5.47. The van der Waals surface area contributed by atoms with Gasteiger partial charge in [0.15, 0.2) is 0 Å². The van der Waals surface area contributed by atoms with Gasteiger partial charge in [0.25, 0.3) is 0 Å². The van der Waals surface area contributed by atoms with Gasteiger partial charge in [-0.25, -0.2) is 9.78 Å². The maximum Gasteiger partial charge on any atom is 0.407 e. The number of nitrogens with one attached hydrogen (secondary N) is 3. The van der Waals surface area contributed by atoms with Crippen molar-refractivity contribution in [2.75, 3.05) is 5.32 Å². The van der Waals surface area contributed by atoms with E-state index in [-0.39, 0.29) is 0 Å². The zero-order chi connectivity index (χ0) is 16.0. The van der Waals surface area contributed by atoms with E-state index in [1.807, 2.05) is 45.0 Å². The van der Waals surface area contributed by atoms with Crippen molar-refractivity contribution in [2.45, 2.75) is 39.5 Å². The molecule has 0 radical (unpaired) electrons. The molecule has 0 atom stereocenters. The largest absolute Gasteiger partial charge is 0.444 e. The molecule has 0 aliphatic carbocycles. The van der Waals surface area contributed by atoms with E-state index in [1.165, 1.54) is 0 Å². The van der Waals surface area contributed by atoms with Crippen LogP contribution in [0.4, 0.5) is 10.5 Å². The number of hydrogen-bond acceptors (Lipinski definition) is 4. The number of anilines is 1. The number of imidazole rings is 1. The Bertz CT molecular complexity index is 603. The van der Waals surface area contributed by atoms with E-state index in [2.05, 4.69) is 20.6 Å². The summed E-state index contributed by atoms with van der Waals surface area (Å²) in [4.78, 5) is 18.6. The van der Waals surface area contributed by atoms with E-state index in [4.69, 9.17) is 4.74 Å². The molecule has 1 aromatic heterocycles. The van der Waals surface area contributed by atoms with Crippen molar-refractivity contribution < 1.29 is 9.53 Å². The number of benzene rings is 1. The minimum Gasteiger partial charge on any atom is -0.444 e. The fourth-order valence-electron chi connectivity index (χ4n) is 1.86. The number of rotatable bonds is 5. The van der Waals surface area contributed by atoms with E-state index in [1.54, 1.807) is 12.5 Å². The van der Waals surface area contributed by atoms with Crippen LogP contribution in [-0.4, -0.2) is 21.7 Å². The number of ether oxygens (including phenoxy) is 1. The van der Waals surface area contributed by atoms with Crippen LogP contribution in [0.5, 0.6) is 0 Å². The third-order valence-electron chi connectivity index (χ3n) is 2.80. The molecule has 0 bridgehead atoms. The molecule has 0 aliphatic rings. The molecule has 3 N–H and O–H groups in total. The molecular weight excluding hydrogens is 280 g/mol. The maximum absolute atomic E-state index is 11.6. The molecule has 0 fully saturated rings. The Balaban J connectivity index is 1.84. The molecular formula is C16H22N4O2. The number of hydrogen-bond donors (Lipinski definition) is 3. The number of aromatic nitrogens is 2. The first kappa shape index (κ1) is 15.9. The Hall–Kier alpha value is -2.50. The van der Waals surface area contributed by atoms with Gasteiger partial charge in [-0.05, 0) is 38.5 Å². The first-order valence-electron chi connectivity index (χ1n) is 7.19. The highest BCUT2D eigenvalue weighted by Crippen LogP contribution is 2.12. The summed E-state index contributed by atoms with van der Waals surface area (Å²) in [5.41, 5.74) is 2.51. The zero-order valence-electron chi connectivity index (χ0n) is 13.1. The Morgan fingerprint density at radius 2 is 2.14 bits per heavy atom. The van der Waals surface area contributed by atoms with Crippen molar-refractivity contribution in [1.29, 1.82) is 0 Å². The van der Waals surface area contributed by atoms with Gasteiger partial charge in [0.1, 0.15) is 5.60 Å². The number of nitrogens with zero attached hydrogens (tertiary/aromatic N) is 1. The minimum absolute atomic E-state index is 0.414. The Morgan fingerprint density at radius 1 is 1.32 bits per heavy atom. The van der Waals surface area contributed by atoms with Crippen LogP contribution in [0.1, 0.15) is 32.0 Å². The first-order valence-corrected chi connectivity index (χ1v) is 7.19. The highest BCUT2D eigenvalue weighted by molar-refractivity contribution is 5.67. The lowest BCUT2D eigenvalue weighted by atomic mass is 10.2. The summed E-state index contributed by atoms with van der Waals surface area (Å²) in [6.07, 6.45) is 3.02. The highest BCUT2D eigenvalue weighted by Gasteiger charge is 2.15. The molecule has 22 heavy (non-hydrogen) atoms. The van der Waals surface area contributed by atoms with Gasteiger partial charge in [0.05, 0.1) is 18.6 Å². The van der Waals surface area contributed by atoms with Gasteiger partial charge < -0.3 is 20.4 Å². The quantitative estimate of drug-likeness (QED) is 0.793. The van der Waals surface area contributed by atoms with Crippen molar-refractivity contribution in [1.82, 2.24) is 15.3 Å². The van der Waals surface area contributed by atoms with E-state index in [0.717, 1.165) is 16.9 Å². The normalized spacial score (nSPS) is 11.0. The molecule has 6 nitrogen and oxygen atoms in total. The summed E-state index contributed by atoms with van der Waals surface area (Å²) >= 11 is 0. The molecule has 0 unspecified atom stereocenters. The number of amides is 1. The standard InChI is InChI=1S/C16H22N4O2/c1-16(2,3)22-15(21)19-8-12-5-4-6-13(7-12)18-10-14-9-17-11-20-14/h4-7,9,11,18H,8,10H2,1-3H3,(H,17,20)(H,19,21). The fraction of sp³-hybridized carbons (Fsp3) is 0.375. The summed E-state index contributed by atoms with van der Waals surface area (Å²) in [7, 11) is 0. The molecule has 0 aliphatic heterocycles. The second kappa shape index (κ2) is 6.98. The van der Waals surface area contributed by atoms with Crippen molar-refractivity contribution >= 4 is 11.8 Å². The lowest BCUT2D eigenvalue weighted by Gasteiger charge is -2.19. The van der Waals surface area contributed by atoms with Crippen LogP contribution in [0.15, 0.2) is 36.8 Å². The summed E-state index contributed by atoms with van der Waals surface area (Å²) in [5, 5.41) is 6.05. The van der Waals surface area contributed by atoms with Crippen LogP contribution < -0.4 is 10.6 Å². The van der Waals surface area contributed by atoms with Gasteiger partial charge in [0.2, 0.25) is 0 Å². The second-order valence-electron chi connectivity index (χ2n) is 5.99. The summed E-state index contributed by atoms with van der Waals surface area (Å²) in [5.74, 6) is 0. The minimum atomic E-state index is -0.489. The first-order chi connectivity index (χ1) is 10.4. The number of carbonyl (C=O) groups is 1. The predicted molar refractivity (Wildman–Crippen MR) is 85.4 cm³/mol. The lowest BCUT2D eigenvalue weighted by Crippen LogP contribution is -2.32. The van der Waals surface area contributed by atoms with Crippen molar-refractivity contribution in [3.8, 4) is 0 Å². The van der Waals surface area contributed by atoms with Crippen molar-refractivity contribution in [3.05, 3.63) is 48.0 Å². The zero-order valence-corrected chi connectivity index (χ0v) is 13.1. The molecule has 0 saturated heterocycles. The van der Waals surface area contributed by atoms with E-state index >= 15 is 0 Å². The van der Waals surface area contributed by atoms with E-state index in [9.17, 15) is 4.79 Å². The van der Waals surface area contributed by atoms with Crippen LogP contribution in [0.25, 0.3) is 0 Å². The summed E-state index contributed by atoms with van der Waals surface area (Å²) in [6.45, 7) is 6.61. The number of carbonyl (C=O) groups excluding carboxylic acids is 1. The fourth-order valence-corrected chi connectivity index (χ4v) is 1.86. The number of alkyl carbamates (subject to hydrolysis) is 1. The molecule has 1 heterocycles. The van der Waals surface area contributed by atoms with Gasteiger partial charge in [-0.3, -0.25) is 0 Å². The maximum atomic E-state index is 11.6. The van der Waals surface area contributed by atoms with Gasteiger partial charge in [-0.1, -0.05) is 12.1 Å². The van der Waals surface area contributed by atoms with E-state index in [0.29, 0.717) is 13.1 Å². The molecule has 118 valence electrons. The highest BCUT2D eigenvalue weighted by atomic mass is 16.6. The number of aromatic amines is 1. The monoisotopic (exact) mass is 302 g/mol. The van der Waals surface area contributed by atoms with Crippen LogP contribution in [-0.2, 0) is 17.8 Å². The molecule has 6 heteroatoms. The average Bonchev–Trinajstić information content (AvgIpc) is 2.95. The SMILES string of the molecule is CC(C)(C)OC(=O)NCc1cccc(NCc2cnc[nH]2)c1. The summed E-state index contributed by atoms with van der Waals surface area (Å²) in [6, 6.07) is 7.88. The number of H-pyrrole nitrogens is 1. The van der Waals surface area contributed by atoms with Crippen LogP contribution in [0, 0.1) is 0 Å².